The number of fused-ring (bicyclic) bond motifs is 2. The van der Waals surface area contributed by atoms with Gasteiger partial charge in [0.05, 0.1) is 17.3 Å². The van der Waals surface area contributed by atoms with E-state index in [1.807, 2.05) is 55.3 Å². The fraction of sp³-hybridized carbons (Fsp3) is 0.423. The molecule has 0 unspecified atom stereocenters. The van der Waals surface area contributed by atoms with Gasteiger partial charge in [-0.25, -0.2) is 9.97 Å². The number of benzene rings is 2. The molecule has 0 saturated carbocycles. The SMILES string of the molecule is Cc1nc(N2CCC(C(=O)N(C)[C@@H](C)c3ccc4c(c3)OCCO4)CC2)nc2ccccc12. The van der Waals surface area contributed by atoms with Crippen LogP contribution in [0.3, 0.4) is 0 Å². The molecule has 1 fully saturated rings. The number of carbonyl (C=O) groups excluding carboxylic acids is 1. The Labute approximate surface area is 194 Å². The number of hydrogen-bond donors (Lipinski definition) is 0. The van der Waals surface area contributed by atoms with Gasteiger partial charge in [0.1, 0.15) is 13.2 Å². The molecule has 3 heterocycles. The predicted molar refractivity (Wildman–Crippen MR) is 128 cm³/mol. The third kappa shape index (κ3) is 4.19. The van der Waals surface area contributed by atoms with Gasteiger partial charge in [0.25, 0.3) is 0 Å². The van der Waals surface area contributed by atoms with E-state index in [2.05, 4.69) is 17.9 Å². The second-order valence-corrected chi connectivity index (χ2v) is 8.92. The number of anilines is 1. The van der Waals surface area contributed by atoms with Gasteiger partial charge in [-0.1, -0.05) is 24.3 Å². The number of nitrogens with zero attached hydrogens (tertiary/aromatic N) is 4. The fourth-order valence-electron chi connectivity index (χ4n) is 4.71. The molecule has 1 aromatic heterocycles. The van der Waals surface area contributed by atoms with Gasteiger partial charge in [0.2, 0.25) is 11.9 Å². The van der Waals surface area contributed by atoms with Crippen LogP contribution in [0.5, 0.6) is 11.5 Å². The largest absolute Gasteiger partial charge is 0.486 e. The number of aromatic nitrogens is 2. The van der Waals surface area contributed by atoms with Crippen LogP contribution in [0.25, 0.3) is 10.9 Å². The van der Waals surface area contributed by atoms with Crippen LogP contribution >= 0.6 is 0 Å². The van der Waals surface area contributed by atoms with Crippen molar-refractivity contribution in [1.29, 1.82) is 0 Å². The quantitative estimate of drug-likeness (QED) is 0.600. The van der Waals surface area contributed by atoms with Crippen molar-refractivity contribution in [3.63, 3.8) is 0 Å². The minimum atomic E-state index is -0.0437. The zero-order chi connectivity index (χ0) is 22.9. The van der Waals surface area contributed by atoms with Gasteiger partial charge >= 0.3 is 0 Å². The second kappa shape index (κ2) is 8.89. The van der Waals surface area contributed by atoms with Gasteiger partial charge in [-0.3, -0.25) is 4.79 Å². The molecular formula is C26H30N4O3. The molecule has 7 nitrogen and oxygen atoms in total. The number of carbonyl (C=O) groups is 1. The fourth-order valence-corrected chi connectivity index (χ4v) is 4.71. The van der Waals surface area contributed by atoms with Crippen LogP contribution in [0.15, 0.2) is 42.5 Å². The summed E-state index contributed by atoms with van der Waals surface area (Å²) in [5, 5.41) is 1.08. The van der Waals surface area contributed by atoms with Crippen molar-refractivity contribution in [2.45, 2.75) is 32.7 Å². The van der Waals surface area contributed by atoms with Crippen molar-refractivity contribution in [2.24, 2.45) is 5.92 Å². The van der Waals surface area contributed by atoms with E-state index >= 15 is 0 Å². The Morgan fingerprint density at radius 2 is 1.79 bits per heavy atom. The van der Waals surface area contributed by atoms with Crippen LogP contribution in [0.1, 0.15) is 37.1 Å². The summed E-state index contributed by atoms with van der Waals surface area (Å²) in [6.45, 7) is 6.77. The molecule has 3 aromatic rings. The smallest absolute Gasteiger partial charge is 0.226 e. The number of rotatable bonds is 4. The van der Waals surface area contributed by atoms with E-state index in [1.54, 1.807) is 0 Å². The van der Waals surface area contributed by atoms with Crippen LogP contribution in [-0.2, 0) is 4.79 Å². The van der Waals surface area contributed by atoms with Crippen molar-refractivity contribution < 1.29 is 14.3 Å². The van der Waals surface area contributed by atoms with E-state index < -0.39 is 0 Å². The van der Waals surface area contributed by atoms with E-state index in [0.717, 1.165) is 65.5 Å². The van der Waals surface area contributed by atoms with E-state index in [9.17, 15) is 4.79 Å². The van der Waals surface area contributed by atoms with Crippen molar-refractivity contribution in [2.75, 3.05) is 38.3 Å². The number of amides is 1. The van der Waals surface area contributed by atoms with Crippen LogP contribution in [-0.4, -0.2) is 54.1 Å². The number of hydrogen-bond acceptors (Lipinski definition) is 6. The molecule has 0 spiro atoms. The number of piperidine rings is 1. The molecule has 7 heteroatoms. The maximum absolute atomic E-state index is 13.3. The van der Waals surface area contributed by atoms with Crippen LogP contribution in [0.4, 0.5) is 5.95 Å². The summed E-state index contributed by atoms with van der Waals surface area (Å²) in [7, 11) is 1.89. The van der Waals surface area contributed by atoms with Gasteiger partial charge < -0.3 is 19.3 Å². The van der Waals surface area contributed by atoms with E-state index in [0.29, 0.717) is 13.2 Å². The Hall–Kier alpha value is -3.35. The van der Waals surface area contributed by atoms with Gasteiger partial charge in [-0.05, 0) is 50.5 Å². The molecule has 2 aliphatic rings. The average Bonchev–Trinajstić information content (AvgIpc) is 2.87. The molecular weight excluding hydrogens is 416 g/mol. The first-order chi connectivity index (χ1) is 16.0. The molecule has 0 radical (unpaired) electrons. The number of para-hydroxylation sites is 1. The van der Waals surface area contributed by atoms with Gasteiger partial charge in [0.15, 0.2) is 11.5 Å². The molecule has 5 rings (SSSR count). The Morgan fingerprint density at radius 3 is 2.58 bits per heavy atom. The predicted octanol–water partition coefficient (Wildman–Crippen LogP) is 4.15. The maximum Gasteiger partial charge on any atom is 0.226 e. The molecule has 172 valence electrons. The van der Waals surface area contributed by atoms with Crippen molar-refractivity contribution in [1.82, 2.24) is 14.9 Å². The third-order valence-electron chi connectivity index (χ3n) is 6.89. The van der Waals surface area contributed by atoms with Crippen molar-refractivity contribution in [3.8, 4) is 11.5 Å². The minimum absolute atomic E-state index is 0.00691. The maximum atomic E-state index is 13.3. The van der Waals surface area contributed by atoms with E-state index in [-0.39, 0.29) is 17.9 Å². The summed E-state index contributed by atoms with van der Waals surface area (Å²) in [5.74, 6) is 2.48. The van der Waals surface area contributed by atoms with Crippen LogP contribution in [0, 0.1) is 12.8 Å². The van der Waals surface area contributed by atoms with Crippen LogP contribution in [0.2, 0.25) is 0 Å². The van der Waals surface area contributed by atoms with Crippen molar-refractivity contribution in [3.05, 3.63) is 53.7 Å². The van der Waals surface area contributed by atoms with Gasteiger partial charge in [0, 0.05) is 31.4 Å². The zero-order valence-corrected chi connectivity index (χ0v) is 19.5. The topological polar surface area (TPSA) is 67.8 Å². The first-order valence-electron chi connectivity index (χ1n) is 11.7. The van der Waals surface area contributed by atoms with E-state index in [1.165, 1.54) is 0 Å². The molecule has 0 N–H and O–H groups in total. The van der Waals surface area contributed by atoms with Crippen LogP contribution < -0.4 is 14.4 Å². The Kier molecular flexibility index (Phi) is 5.79. The average molecular weight is 447 g/mol. The Bertz CT molecular complexity index is 1170. The normalized spacial score (nSPS) is 17.1. The zero-order valence-electron chi connectivity index (χ0n) is 19.5. The lowest BCUT2D eigenvalue weighted by Gasteiger charge is -2.35. The molecule has 1 amide bonds. The Balaban J connectivity index is 1.24. The summed E-state index contributed by atoms with van der Waals surface area (Å²) in [6, 6.07) is 14.0. The number of ether oxygens (including phenoxy) is 2. The molecule has 2 aliphatic heterocycles. The molecule has 2 aromatic carbocycles. The third-order valence-corrected chi connectivity index (χ3v) is 6.89. The summed E-state index contributed by atoms with van der Waals surface area (Å²) >= 11 is 0. The number of aryl methyl sites for hydroxylation is 1. The second-order valence-electron chi connectivity index (χ2n) is 8.92. The van der Waals surface area contributed by atoms with Gasteiger partial charge in [-0.15, -0.1) is 0 Å². The molecule has 1 atom stereocenters. The van der Waals surface area contributed by atoms with Gasteiger partial charge in [-0.2, -0.15) is 0 Å². The lowest BCUT2D eigenvalue weighted by Crippen LogP contribution is -2.42. The molecule has 0 bridgehead atoms. The first-order valence-corrected chi connectivity index (χ1v) is 11.7. The summed E-state index contributed by atoms with van der Waals surface area (Å²) in [4.78, 5) is 26.9. The monoisotopic (exact) mass is 446 g/mol. The lowest BCUT2D eigenvalue weighted by molar-refractivity contribution is -0.136. The highest BCUT2D eigenvalue weighted by atomic mass is 16.6. The van der Waals surface area contributed by atoms with Crippen molar-refractivity contribution >= 4 is 22.8 Å². The summed E-state index contributed by atoms with van der Waals surface area (Å²) in [6.07, 6.45) is 1.60. The summed E-state index contributed by atoms with van der Waals surface area (Å²) in [5.41, 5.74) is 3.00. The lowest BCUT2D eigenvalue weighted by atomic mass is 9.94. The highest BCUT2D eigenvalue weighted by Crippen LogP contribution is 2.34. The van der Waals surface area contributed by atoms with E-state index in [4.69, 9.17) is 19.4 Å². The highest BCUT2D eigenvalue weighted by molar-refractivity contribution is 5.82. The molecule has 33 heavy (non-hydrogen) atoms. The molecule has 1 saturated heterocycles. The summed E-state index contributed by atoms with van der Waals surface area (Å²) < 4.78 is 11.3. The standard InChI is InChI=1S/C26H30N4O3/c1-17-21-6-4-5-7-22(21)28-26(27-17)30-12-10-19(11-13-30)25(31)29(3)18(2)20-8-9-23-24(16-20)33-15-14-32-23/h4-9,16,18-19H,10-15H2,1-3H3/t18-/m0/s1. The minimum Gasteiger partial charge on any atom is -0.486 e. The molecule has 0 aliphatic carbocycles. The Morgan fingerprint density at radius 1 is 1.06 bits per heavy atom. The first kappa shape index (κ1) is 21.5. The highest BCUT2D eigenvalue weighted by Gasteiger charge is 2.30.